The predicted octanol–water partition coefficient (Wildman–Crippen LogP) is 5.29. The number of carboxylic acid groups (broad SMARTS) is 1. The molecule has 26 heavy (non-hydrogen) atoms. The maximum absolute atomic E-state index is 11.0. The highest BCUT2D eigenvalue weighted by Gasteiger charge is 2.16. The van der Waals surface area contributed by atoms with Crippen molar-refractivity contribution in [3.8, 4) is 0 Å². The normalized spacial score (nSPS) is 12.5. The molecule has 0 aromatic carbocycles. The van der Waals surface area contributed by atoms with Crippen molar-refractivity contribution in [3.63, 3.8) is 0 Å². The first-order chi connectivity index (χ1) is 11.8. The van der Waals surface area contributed by atoms with E-state index >= 15 is 0 Å². The monoisotopic (exact) mass is 397 g/mol. The largest absolute Gasteiger partial charge is 0.481 e. The Bertz CT molecular complexity index is 427. The zero-order chi connectivity index (χ0) is 19.0. The molecule has 158 valence electrons. The lowest BCUT2D eigenvalue weighted by Gasteiger charge is -2.15. The fraction of sp³-hybridized carbons (Fsp3) is 0.944. The molecule has 0 saturated heterocycles. The summed E-state index contributed by atoms with van der Waals surface area (Å²) in [6, 6.07) is 0. The van der Waals surface area contributed by atoms with Crippen LogP contribution in [-0.2, 0) is 19.4 Å². The maximum atomic E-state index is 11.0. The first kappa shape index (κ1) is 27.5. The molecule has 0 amide bonds. The summed E-state index contributed by atoms with van der Waals surface area (Å²) in [5, 5.41) is 8.56. The molecule has 1 atom stereocenters. The highest BCUT2D eigenvalue weighted by atomic mass is 32.3. The summed E-state index contributed by atoms with van der Waals surface area (Å²) >= 11 is 0. The van der Waals surface area contributed by atoms with Crippen LogP contribution in [0.5, 0.6) is 0 Å². The third-order valence-corrected chi connectivity index (χ3v) is 4.82. The molecule has 8 heteroatoms. The predicted molar refractivity (Wildman–Crippen MR) is 104 cm³/mol. The van der Waals surface area contributed by atoms with E-state index in [1.54, 1.807) is 0 Å². The van der Waals surface area contributed by atoms with Gasteiger partial charge in [-0.15, -0.1) is 0 Å². The van der Waals surface area contributed by atoms with Crippen LogP contribution in [0.2, 0.25) is 0 Å². The van der Waals surface area contributed by atoms with Crippen molar-refractivity contribution < 1.29 is 27.1 Å². The lowest BCUT2D eigenvalue weighted by molar-refractivity contribution is -0.137. The van der Waals surface area contributed by atoms with Gasteiger partial charge in [0.2, 0.25) is 0 Å². The Hall–Kier alpha value is -0.700. The van der Waals surface area contributed by atoms with E-state index in [4.69, 9.17) is 13.8 Å². The second-order valence-corrected chi connectivity index (χ2v) is 7.80. The molecule has 0 aromatic rings. The van der Waals surface area contributed by atoms with Crippen LogP contribution in [-0.4, -0.2) is 30.2 Å². The molecule has 0 heterocycles. The van der Waals surface area contributed by atoms with Gasteiger partial charge in [0.05, 0.1) is 6.10 Å². The van der Waals surface area contributed by atoms with Gasteiger partial charge in [0.15, 0.2) is 0 Å². The summed E-state index contributed by atoms with van der Waals surface area (Å²) < 4.78 is 35.6. The van der Waals surface area contributed by atoms with E-state index in [2.05, 4.69) is 6.92 Å². The fourth-order valence-electron chi connectivity index (χ4n) is 2.92. The van der Waals surface area contributed by atoms with Gasteiger partial charge < -0.3 is 11.3 Å². The van der Waals surface area contributed by atoms with Gasteiger partial charge >= 0.3 is 16.4 Å². The van der Waals surface area contributed by atoms with Crippen molar-refractivity contribution in [2.45, 2.75) is 109 Å². The Balaban J connectivity index is 0. The highest BCUT2D eigenvalue weighted by molar-refractivity contribution is 7.80. The average molecular weight is 398 g/mol. The zero-order valence-corrected chi connectivity index (χ0v) is 17.1. The second-order valence-electron chi connectivity index (χ2n) is 6.76. The summed E-state index contributed by atoms with van der Waals surface area (Å²) in [5.74, 6) is -0.767. The van der Waals surface area contributed by atoms with Gasteiger partial charge in [-0.05, 0) is 19.3 Å². The molecule has 5 N–H and O–H groups in total. The van der Waals surface area contributed by atoms with Crippen molar-refractivity contribution in [3.05, 3.63) is 0 Å². The molecular formula is C18H39NO6S. The Morgan fingerprint density at radius 3 is 1.69 bits per heavy atom. The van der Waals surface area contributed by atoms with E-state index in [-0.39, 0.29) is 12.6 Å². The molecule has 0 aromatic heterocycles. The van der Waals surface area contributed by atoms with Gasteiger partial charge in [-0.2, -0.15) is 8.42 Å². The number of carboxylic acids is 1. The lowest BCUT2D eigenvalue weighted by Crippen LogP contribution is -2.18. The van der Waals surface area contributed by atoms with Crippen LogP contribution in [0.1, 0.15) is 103 Å². The molecule has 0 fully saturated rings. The van der Waals surface area contributed by atoms with Gasteiger partial charge in [-0.25, -0.2) is 4.18 Å². The van der Waals surface area contributed by atoms with Crippen LogP contribution in [0.4, 0.5) is 0 Å². The summed E-state index contributed by atoms with van der Waals surface area (Å²) in [6.07, 6.45) is 13.3. The minimum Gasteiger partial charge on any atom is -0.481 e. The minimum atomic E-state index is -4.40. The number of aliphatic carboxylic acids is 1. The van der Waals surface area contributed by atoms with Gasteiger partial charge in [-0.3, -0.25) is 9.35 Å². The van der Waals surface area contributed by atoms with Gasteiger partial charge in [0.1, 0.15) is 0 Å². The molecule has 0 aliphatic rings. The van der Waals surface area contributed by atoms with Gasteiger partial charge in [-0.1, -0.05) is 77.6 Å². The van der Waals surface area contributed by atoms with Crippen molar-refractivity contribution in [1.29, 1.82) is 0 Å². The van der Waals surface area contributed by atoms with E-state index in [0.29, 0.717) is 19.3 Å². The van der Waals surface area contributed by atoms with Gasteiger partial charge in [0, 0.05) is 6.42 Å². The zero-order valence-electron chi connectivity index (χ0n) is 16.3. The molecule has 0 radical (unpaired) electrons. The first-order valence-corrected chi connectivity index (χ1v) is 11.1. The van der Waals surface area contributed by atoms with E-state index < -0.39 is 22.5 Å². The van der Waals surface area contributed by atoms with E-state index in [0.717, 1.165) is 44.9 Å². The number of hydrogen-bond acceptors (Lipinski definition) is 5. The Kier molecular flexibility index (Phi) is 18.7. The molecule has 1 unspecified atom stereocenters. The Morgan fingerprint density at radius 1 is 0.846 bits per heavy atom. The summed E-state index contributed by atoms with van der Waals surface area (Å²) in [6.45, 7) is 2.18. The summed E-state index contributed by atoms with van der Waals surface area (Å²) in [7, 11) is -4.40. The molecule has 7 nitrogen and oxygen atoms in total. The number of carbonyl (C=O) groups is 1. The van der Waals surface area contributed by atoms with Crippen LogP contribution >= 0.6 is 0 Å². The molecule has 0 aliphatic carbocycles. The van der Waals surface area contributed by atoms with Crippen LogP contribution in [0.15, 0.2) is 0 Å². The second kappa shape index (κ2) is 17.7. The van der Waals surface area contributed by atoms with Crippen molar-refractivity contribution >= 4 is 16.4 Å². The fourth-order valence-corrected chi connectivity index (χ4v) is 3.46. The van der Waals surface area contributed by atoms with Crippen LogP contribution in [0, 0.1) is 0 Å². The Morgan fingerprint density at radius 2 is 1.27 bits per heavy atom. The molecular weight excluding hydrogens is 358 g/mol. The molecule has 0 saturated carbocycles. The summed E-state index contributed by atoms with van der Waals surface area (Å²) in [5.41, 5.74) is 0. The van der Waals surface area contributed by atoms with E-state index in [1.807, 2.05) is 0 Å². The van der Waals surface area contributed by atoms with Crippen LogP contribution < -0.4 is 6.15 Å². The smallest absolute Gasteiger partial charge is 0.397 e. The molecule has 0 aliphatic heterocycles. The summed E-state index contributed by atoms with van der Waals surface area (Å²) in [4.78, 5) is 10.4. The molecule has 0 bridgehead atoms. The van der Waals surface area contributed by atoms with Gasteiger partial charge in [0.25, 0.3) is 0 Å². The Labute approximate surface area is 159 Å². The first-order valence-electron chi connectivity index (χ1n) is 9.72. The third kappa shape index (κ3) is 21.3. The quantitative estimate of drug-likeness (QED) is 0.211. The van der Waals surface area contributed by atoms with E-state index in [9.17, 15) is 13.2 Å². The lowest BCUT2D eigenvalue weighted by atomic mass is 10.0. The van der Waals surface area contributed by atoms with E-state index in [1.165, 1.54) is 25.7 Å². The molecule has 0 rings (SSSR count). The molecule has 0 spiro atoms. The standard InChI is InChI=1S/C18H36O6S.H3N/c1-2-3-4-5-6-8-11-14-17(24-25(21,22)23)15-12-9-7-10-13-16-18(19)20;/h17H,2-16H2,1H3,(H,19,20)(H,21,22,23);1H3. The van der Waals surface area contributed by atoms with Crippen molar-refractivity contribution in [2.75, 3.05) is 0 Å². The minimum absolute atomic E-state index is 0. The third-order valence-electron chi connectivity index (χ3n) is 4.30. The maximum Gasteiger partial charge on any atom is 0.397 e. The number of rotatable bonds is 18. The van der Waals surface area contributed by atoms with Crippen LogP contribution in [0.3, 0.4) is 0 Å². The topological polar surface area (TPSA) is 136 Å². The average Bonchev–Trinajstić information content (AvgIpc) is 2.51. The SMILES string of the molecule is CCCCCCCCCC(CCCCCCCC(=O)O)OS(=O)(=O)O.N. The number of hydrogen-bond donors (Lipinski definition) is 3. The number of unbranched alkanes of at least 4 members (excludes halogenated alkanes) is 10. The van der Waals surface area contributed by atoms with Crippen molar-refractivity contribution in [1.82, 2.24) is 6.15 Å². The highest BCUT2D eigenvalue weighted by Crippen LogP contribution is 2.18. The van der Waals surface area contributed by atoms with Crippen molar-refractivity contribution in [2.24, 2.45) is 0 Å². The van der Waals surface area contributed by atoms with Crippen LogP contribution in [0.25, 0.3) is 0 Å².